The van der Waals surface area contributed by atoms with E-state index in [0.717, 1.165) is 0 Å². The van der Waals surface area contributed by atoms with E-state index in [1.165, 1.54) is 16.2 Å². The highest BCUT2D eigenvalue weighted by molar-refractivity contribution is 7.14. The molecule has 0 fully saturated rings. The molecular formula is C15H16ClNOS. The molecule has 0 saturated heterocycles. The Kier molecular flexibility index (Phi) is 3.70. The first kappa shape index (κ1) is 14.1. The van der Waals surface area contributed by atoms with Gasteiger partial charge < -0.3 is 5.73 Å². The summed E-state index contributed by atoms with van der Waals surface area (Å²) in [7, 11) is 0. The molecule has 0 radical (unpaired) electrons. The van der Waals surface area contributed by atoms with Gasteiger partial charge >= 0.3 is 0 Å². The van der Waals surface area contributed by atoms with Crippen molar-refractivity contribution in [2.75, 3.05) is 5.73 Å². The fraction of sp³-hybridized carbons (Fsp3) is 0.267. The predicted octanol–water partition coefficient (Wildman–Crippen LogP) is 4.51. The van der Waals surface area contributed by atoms with Crippen LogP contribution in [0.5, 0.6) is 0 Å². The summed E-state index contributed by atoms with van der Waals surface area (Å²) in [6.45, 7) is 6.38. The SMILES string of the molecule is CC(C)(C)c1ccc(C(=O)c2cc(Cl)ccc2N)s1. The third-order valence-corrected chi connectivity index (χ3v) is 4.57. The van der Waals surface area contributed by atoms with Gasteiger partial charge in [0.05, 0.1) is 4.88 Å². The minimum atomic E-state index is -0.0690. The first-order valence-electron chi connectivity index (χ1n) is 5.99. The third kappa shape index (κ3) is 2.99. The molecule has 0 bridgehead atoms. The van der Waals surface area contributed by atoms with Crippen molar-refractivity contribution in [2.24, 2.45) is 0 Å². The monoisotopic (exact) mass is 293 g/mol. The van der Waals surface area contributed by atoms with E-state index < -0.39 is 0 Å². The van der Waals surface area contributed by atoms with E-state index >= 15 is 0 Å². The van der Waals surface area contributed by atoms with Gasteiger partial charge in [0.15, 0.2) is 0 Å². The molecule has 0 spiro atoms. The Bertz CT molecular complexity index is 625. The summed E-state index contributed by atoms with van der Waals surface area (Å²) < 4.78 is 0. The molecule has 0 amide bonds. The average Bonchev–Trinajstić information content (AvgIpc) is 2.80. The molecule has 2 rings (SSSR count). The maximum absolute atomic E-state index is 12.4. The van der Waals surface area contributed by atoms with Gasteiger partial charge in [-0.25, -0.2) is 0 Å². The number of carbonyl (C=O) groups is 1. The van der Waals surface area contributed by atoms with Crippen molar-refractivity contribution in [3.05, 3.63) is 50.7 Å². The van der Waals surface area contributed by atoms with Gasteiger partial charge in [-0.15, -0.1) is 11.3 Å². The Morgan fingerprint density at radius 3 is 2.47 bits per heavy atom. The zero-order valence-corrected chi connectivity index (χ0v) is 12.7. The summed E-state index contributed by atoms with van der Waals surface area (Å²) in [5, 5.41) is 0.519. The lowest BCUT2D eigenvalue weighted by Gasteiger charge is -2.15. The summed E-state index contributed by atoms with van der Waals surface area (Å²) in [4.78, 5) is 14.3. The van der Waals surface area contributed by atoms with Crippen LogP contribution in [-0.2, 0) is 5.41 Å². The Labute approximate surface area is 122 Å². The van der Waals surface area contributed by atoms with Crippen molar-refractivity contribution < 1.29 is 4.79 Å². The molecule has 2 nitrogen and oxygen atoms in total. The zero-order chi connectivity index (χ0) is 14.2. The second kappa shape index (κ2) is 4.99. The Hall–Kier alpha value is -1.32. The maximum atomic E-state index is 12.4. The van der Waals surface area contributed by atoms with Crippen molar-refractivity contribution in [2.45, 2.75) is 26.2 Å². The van der Waals surface area contributed by atoms with E-state index in [1.54, 1.807) is 18.2 Å². The number of benzene rings is 1. The molecule has 0 aliphatic rings. The van der Waals surface area contributed by atoms with Crippen LogP contribution >= 0.6 is 22.9 Å². The normalized spacial score (nSPS) is 11.6. The summed E-state index contributed by atoms with van der Waals surface area (Å²) >= 11 is 7.43. The van der Waals surface area contributed by atoms with E-state index in [9.17, 15) is 4.79 Å². The van der Waals surface area contributed by atoms with E-state index in [4.69, 9.17) is 17.3 Å². The van der Waals surface area contributed by atoms with Crippen LogP contribution in [0.4, 0.5) is 5.69 Å². The molecule has 0 saturated carbocycles. The number of ketones is 1. The predicted molar refractivity (Wildman–Crippen MR) is 82.3 cm³/mol. The van der Waals surface area contributed by atoms with Crippen LogP contribution in [0, 0.1) is 0 Å². The number of nitrogen functional groups attached to an aromatic ring is 1. The van der Waals surface area contributed by atoms with Crippen molar-refractivity contribution in [1.82, 2.24) is 0 Å². The average molecular weight is 294 g/mol. The zero-order valence-electron chi connectivity index (χ0n) is 11.2. The van der Waals surface area contributed by atoms with Crippen LogP contribution in [0.1, 0.15) is 40.9 Å². The standard InChI is InChI=1S/C15H16ClNOS/c1-15(2,3)13-7-6-12(19-13)14(18)10-8-9(16)4-5-11(10)17/h4-8H,17H2,1-3H3. The van der Waals surface area contributed by atoms with E-state index in [-0.39, 0.29) is 11.2 Å². The van der Waals surface area contributed by atoms with Gasteiger partial charge in [-0.1, -0.05) is 32.4 Å². The molecule has 2 aromatic rings. The fourth-order valence-corrected chi connectivity index (χ4v) is 2.91. The van der Waals surface area contributed by atoms with Crippen LogP contribution in [-0.4, -0.2) is 5.78 Å². The first-order valence-corrected chi connectivity index (χ1v) is 7.18. The first-order chi connectivity index (χ1) is 8.79. The molecule has 0 aliphatic carbocycles. The number of hydrogen-bond acceptors (Lipinski definition) is 3. The van der Waals surface area contributed by atoms with Crippen molar-refractivity contribution in [3.8, 4) is 0 Å². The number of hydrogen-bond donors (Lipinski definition) is 1. The highest BCUT2D eigenvalue weighted by Crippen LogP contribution is 2.31. The fourth-order valence-electron chi connectivity index (χ4n) is 1.72. The minimum Gasteiger partial charge on any atom is -0.398 e. The lowest BCUT2D eigenvalue weighted by Crippen LogP contribution is -2.08. The van der Waals surface area contributed by atoms with E-state index in [2.05, 4.69) is 20.8 Å². The third-order valence-electron chi connectivity index (χ3n) is 2.83. The highest BCUT2D eigenvalue weighted by atomic mass is 35.5. The Morgan fingerprint density at radius 1 is 1.21 bits per heavy atom. The minimum absolute atomic E-state index is 0.0447. The molecule has 0 unspecified atom stereocenters. The highest BCUT2D eigenvalue weighted by Gasteiger charge is 2.20. The molecule has 0 atom stereocenters. The van der Waals surface area contributed by atoms with E-state index in [0.29, 0.717) is 21.2 Å². The molecule has 1 aromatic heterocycles. The Balaban J connectivity index is 2.39. The quantitative estimate of drug-likeness (QED) is 0.654. The molecule has 100 valence electrons. The topological polar surface area (TPSA) is 43.1 Å². The lowest BCUT2D eigenvalue weighted by atomic mass is 9.95. The van der Waals surface area contributed by atoms with Crippen LogP contribution in [0.15, 0.2) is 30.3 Å². The maximum Gasteiger partial charge on any atom is 0.205 e. The van der Waals surface area contributed by atoms with Gasteiger partial charge in [0, 0.05) is 21.2 Å². The molecule has 1 aromatic carbocycles. The van der Waals surface area contributed by atoms with Gasteiger partial charge in [0.25, 0.3) is 0 Å². The van der Waals surface area contributed by atoms with Crippen LogP contribution in [0.25, 0.3) is 0 Å². The molecule has 4 heteroatoms. The van der Waals surface area contributed by atoms with Crippen LogP contribution in [0.3, 0.4) is 0 Å². The van der Waals surface area contributed by atoms with Crippen molar-refractivity contribution >= 4 is 34.4 Å². The van der Waals surface area contributed by atoms with Gasteiger partial charge in [-0.05, 0) is 35.7 Å². The number of thiophene rings is 1. The van der Waals surface area contributed by atoms with Crippen LogP contribution < -0.4 is 5.73 Å². The second-order valence-corrected chi connectivity index (χ2v) is 6.99. The molecular weight excluding hydrogens is 278 g/mol. The number of nitrogens with two attached hydrogens (primary N) is 1. The molecule has 19 heavy (non-hydrogen) atoms. The largest absolute Gasteiger partial charge is 0.398 e. The number of anilines is 1. The molecule has 2 N–H and O–H groups in total. The summed E-state index contributed by atoms with van der Waals surface area (Å²) in [6.07, 6.45) is 0. The van der Waals surface area contributed by atoms with E-state index in [1.807, 2.05) is 12.1 Å². The van der Waals surface area contributed by atoms with Gasteiger partial charge in [-0.3, -0.25) is 4.79 Å². The lowest BCUT2D eigenvalue weighted by molar-refractivity contribution is 0.104. The summed E-state index contributed by atoms with van der Waals surface area (Å²) in [6, 6.07) is 8.82. The van der Waals surface area contributed by atoms with Crippen molar-refractivity contribution in [3.63, 3.8) is 0 Å². The Morgan fingerprint density at radius 2 is 1.89 bits per heavy atom. The van der Waals surface area contributed by atoms with Crippen LogP contribution in [0.2, 0.25) is 5.02 Å². The van der Waals surface area contributed by atoms with Crippen molar-refractivity contribution in [1.29, 1.82) is 0 Å². The molecule has 1 heterocycles. The summed E-state index contributed by atoms with van der Waals surface area (Å²) in [5.74, 6) is -0.0690. The number of carbonyl (C=O) groups excluding carboxylic acids is 1. The van der Waals surface area contributed by atoms with Gasteiger partial charge in [0.1, 0.15) is 0 Å². The number of rotatable bonds is 2. The smallest absolute Gasteiger partial charge is 0.205 e. The summed E-state index contributed by atoms with van der Waals surface area (Å²) in [5.41, 5.74) is 6.82. The second-order valence-electron chi connectivity index (χ2n) is 5.47. The van der Waals surface area contributed by atoms with Gasteiger partial charge in [0.2, 0.25) is 5.78 Å². The number of halogens is 1. The molecule has 0 aliphatic heterocycles. The van der Waals surface area contributed by atoms with Gasteiger partial charge in [-0.2, -0.15) is 0 Å².